The predicted molar refractivity (Wildman–Crippen MR) is 123 cm³/mol. The van der Waals surface area contributed by atoms with Gasteiger partial charge in [-0.3, -0.25) is 25.8 Å². The number of anilines is 3. The SMILES string of the molecule is CCOc1ccccc1Nc1ncnc(NNC(=O)COc2ccc(Cl)cc2Cl)c1[N+](=O)[O-]. The zero-order valence-corrected chi connectivity index (χ0v) is 18.7. The Morgan fingerprint density at radius 1 is 1.09 bits per heavy atom. The molecule has 0 radical (unpaired) electrons. The van der Waals surface area contributed by atoms with E-state index in [0.717, 1.165) is 6.33 Å². The van der Waals surface area contributed by atoms with Crippen molar-refractivity contribution in [3.63, 3.8) is 0 Å². The molecule has 0 aliphatic carbocycles. The van der Waals surface area contributed by atoms with Gasteiger partial charge in [-0.15, -0.1) is 0 Å². The van der Waals surface area contributed by atoms with Gasteiger partial charge in [0.1, 0.15) is 17.8 Å². The highest BCUT2D eigenvalue weighted by Crippen LogP contribution is 2.34. The van der Waals surface area contributed by atoms with Crippen LogP contribution in [0.1, 0.15) is 6.92 Å². The van der Waals surface area contributed by atoms with Crippen LogP contribution in [-0.2, 0) is 4.79 Å². The van der Waals surface area contributed by atoms with Gasteiger partial charge in [0, 0.05) is 5.02 Å². The van der Waals surface area contributed by atoms with Crippen LogP contribution in [0.25, 0.3) is 0 Å². The molecule has 0 saturated carbocycles. The van der Waals surface area contributed by atoms with Gasteiger partial charge in [-0.25, -0.2) is 9.97 Å². The van der Waals surface area contributed by atoms with Crippen LogP contribution >= 0.6 is 23.2 Å². The lowest BCUT2D eigenvalue weighted by Gasteiger charge is -2.13. The second-order valence-corrected chi connectivity index (χ2v) is 7.11. The van der Waals surface area contributed by atoms with E-state index in [1.807, 2.05) is 6.92 Å². The zero-order valence-electron chi connectivity index (χ0n) is 17.2. The lowest BCUT2D eigenvalue weighted by Crippen LogP contribution is -2.34. The number of carbonyl (C=O) groups is 1. The number of aromatic nitrogens is 2. The molecule has 3 rings (SSSR count). The Kier molecular flexibility index (Phi) is 8.06. The van der Waals surface area contributed by atoms with Crippen molar-refractivity contribution in [3.8, 4) is 11.5 Å². The van der Waals surface area contributed by atoms with Crippen molar-refractivity contribution in [2.45, 2.75) is 6.92 Å². The maximum atomic E-state index is 12.1. The first-order valence-corrected chi connectivity index (χ1v) is 10.3. The fourth-order valence-electron chi connectivity index (χ4n) is 2.61. The summed E-state index contributed by atoms with van der Waals surface area (Å²) in [6.45, 7) is 1.81. The van der Waals surface area contributed by atoms with Gasteiger partial charge in [0.25, 0.3) is 5.91 Å². The fraction of sp³-hybridized carbons (Fsp3) is 0.150. The monoisotopic (exact) mass is 492 g/mol. The molecular weight excluding hydrogens is 475 g/mol. The quantitative estimate of drug-likeness (QED) is 0.278. The molecule has 0 bridgehead atoms. The Bertz CT molecular complexity index is 1160. The van der Waals surface area contributed by atoms with Crippen molar-refractivity contribution < 1.29 is 19.2 Å². The molecule has 1 amide bonds. The summed E-state index contributed by atoms with van der Waals surface area (Å²) in [6.07, 6.45) is 1.11. The third kappa shape index (κ3) is 6.34. The number of ether oxygens (including phenoxy) is 2. The maximum absolute atomic E-state index is 12.1. The van der Waals surface area contributed by atoms with Gasteiger partial charge in [-0.05, 0) is 37.3 Å². The molecule has 172 valence electrons. The van der Waals surface area contributed by atoms with Gasteiger partial charge in [0.15, 0.2) is 6.61 Å². The van der Waals surface area contributed by atoms with E-state index in [1.54, 1.807) is 30.3 Å². The number of hydrogen-bond acceptors (Lipinski definition) is 9. The highest BCUT2D eigenvalue weighted by atomic mass is 35.5. The van der Waals surface area contributed by atoms with Gasteiger partial charge in [0.2, 0.25) is 11.6 Å². The topological polar surface area (TPSA) is 141 Å². The van der Waals surface area contributed by atoms with Crippen molar-refractivity contribution in [3.05, 3.63) is 69.0 Å². The number of carbonyl (C=O) groups excluding carboxylic acids is 1. The Balaban J connectivity index is 1.70. The molecule has 2 aromatic carbocycles. The predicted octanol–water partition coefficient (Wildman–Crippen LogP) is 4.36. The van der Waals surface area contributed by atoms with Crippen LogP contribution in [0.15, 0.2) is 48.8 Å². The summed E-state index contributed by atoms with van der Waals surface area (Å²) in [5.74, 6) is -0.213. The number of nitrogens with zero attached hydrogens (tertiary/aromatic N) is 3. The van der Waals surface area contributed by atoms with E-state index in [4.69, 9.17) is 32.7 Å². The standard InChI is InChI=1S/C20H18Cl2N6O5/c1-2-32-16-6-4-3-5-14(16)25-19-18(28(30)31)20(24-11-23-19)27-26-17(29)10-33-15-8-7-12(21)9-13(15)22/h3-9,11H,2,10H2,1H3,(H,26,29)(H2,23,24,25,27). The van der Waals surface area contributed by atoms with Gasteiger partial charge in [-0.2, -0.15) is 0 Å². The maximum Gasteiger partial charge on any atom is 0.355 e. The molecular formula is C20H18Cl2N6O5. The summed E-state index contributed by atoms with van der Waals surface area (Å²) < 4.78 is 10.8. The first-order valence-electron chi connectivity index (χ1n) is 9.50. The molecule has 3 aromatic rings. The van der Waals surface area contributed by atoms with Gasteiger partial charge >= 0.3 is 5.69 Å². The van der Waals surface area contributed by atoms with Crippen LogP contribution in [0.5, 0.6) is 11.5 Å². The third-order valence-electron chi connectivity index (χ3n) is 4.02. The average Bonchev–Trinajstić information content (AvgIpc) is 2.78. The number of nitro groups is 1. The van der Waals surface area contributed by atoms with Crippen LogP contribution in [0.4, 0.5) is 23.0 Å². The van der Waals surface area contributed by atoms with Crippen molar-refractivity contribution in [1.82, 2.24) is 15.4 Å². The second kappa shape index (κ2) is 11.2. The average molecular weight is 493 g/mol. The lowest BCUT2D eigenvalue weighted by atomic mass is 10.3. The van der Waals surface area contributed by atoms with Crippen LogP contribution in [-0.4, -0.2) is 34.0 Å². The van der Waals surface area contributed by atoms with Crippen LogP contribution in [0.3, 0.4) is 0 Å². The molecule has 0 atom stereocenters. The molecule has 0 unspecified atom stereocenters. The number of hydrazine groups is 1. The van der Waals surface area contributed by atoms with E-state index in [0.29, 0.717) is 23.1 Å². The summed E-state index contributed by atoms with van der Waals surface area (Å²) in [5, 5.41) is 15.2. The summed E-state index contributed by atoms with van der Waals surface area (Å²) in [6, 6.07) is 11.4. The highest BCUT2D eigenvalue weighted by molar-refractivity contribution is 6.35. The van der Waals surface area contributed by atoms with Crippen LogP contribution in [0.2, 0.25) is 10.0 Å². The fourth-order valence-corrected chi connectivity index (χ4v) is 3.08. The molecule has 13 heteroatoms. The van der Waals surface area contributed by atoms with Gasteiger partial charge in [0.05, 0.1) is 22.2 Å². The van der Waals surface area contributed by atoms with Gasteiger partial charge in [-0.1, -0.05) is 35.3 Å². The number of para-hydroxylation sites is 2. The van der Waals surface area contributed by atoms with E-state index >= 15 is 0 Å². The van der Waals surface area contributed by atoms with Gasteiger partial charge < -0.3 is 14.8 Å². The summed E-state index contributed by atoms with van der Waals surface area (Å²) in [7, 11) is 0. The van der Waals surface area contributed by atoms with Crippen molar-refractivity contribution in [2.75, 3.05) is 24.0 Å². The molecule has 0 aliphatic heterocycles. The minimum absolute atomic E-state index is 0.0944. The van der Waals surface area contributed by atoms with Crippen molar-refractivity contribution in [2.24, 2.45) is 0 Å². The number of amides is 1. The van der Waals surface area contributed by atoms with E-state index in [9.17, 15) is 14.9 Å². The number of halogens is 2. The molecule has 0 spiro atoms. The molecule has 0 fully saturated rings. The van der Waals surface area contributed by atoms with Crippen molar-refractivity contribution >= 4 is 52.1 Å². The molecule has 0 saturated heterocycles. The minimum Gasteiger partial charge on any atom is -0.492 e. The molecule has 1 heterocycles. The highest BCUT2D eigenvalue weighted by Gasteiger charge is 2.24. The first kappa shape index (κ1) is 23.8. The summed E-state index contributed by atoms with van der Waals surface area (Å²) >= 11 is 11.8. The Morgan fingerprint density at radius 3 is 2.58 bits per heavy atom. The molecule has 33 heavy (non-hydrogen) atoms. The number of hydrogen-bond donors (Lipinski definition) is 3. The van der Waals surface area contributed by atoms with E-state index in [2.05, 4.69) is 26.1 Å². The van der Waals surface area contributed by atoms with Crippen LogP contribution < -0.4 is 25.6 Å². The van der Waals surface area contributed by atoms with E-state index in [-0.39, 0.29) is 22.4 Å². The number of rotatable bonds is 10. The summed E-state index contributed by atoms with van der Waals surface area (Å²) in [4.78, 5) is 31.0. The largest absolute Gasteiger partial charge is 0.492 e. The summed E-state index contributed by atoms with van der Waals surface area (Å²) in [5.41, 5.74) is 4.71. The van der Waals surface area contributed by atoms with E-state index < -0.39 is 23.1 Å². The van der Waals surface area contributed by atoms with Crippen LogP contribution in [0, 0.1) is 10.1 Å². The molecule has 3 N–H and O–H groups in total. The lowest BCUT2D eigenvalue weighted by molar-refractivity contribution is -0.383. The Hall–Kier alpha value is -3.83. The smallest absolute Gasteiger partial charge is 0.355 e. The Labute approximate surface area is 198 Å². The number of nitrogens with one attached hydrogen (secondary N) is 3. The van der Waals surface area contributed by atoms with E-state index in [1.165, 1.54) is 12.1 Å². The Morgan fingerprint density at radius 2 is 1.85 bits per heavy atom. The first-order chi connectivity index (χ1) is 15.9. The number of benzene rings is 2. The second-order valence-electron chi connectivity index (χ2n) is 6.27. The normalized spacial score (nSPS) is 10.3. The zero-order chi connectivity index (χ0) is 23.8. The molecule has 1 aromatic heterocycles. The molecule has 11 nitrogen and oxygen atoms in total. The minimum atomic E-state index is -0.676. The molecule has 0 aliphatic rings. The van der Waals surface area contributed by atoms with Crippen molar-refractivity contribution in [1.29, 1.82) is 0 Å². The third-order valence-corrected chi connectivity index (χ3v) is 4.55.